The largest absolute Gasteiger partial charge is 0.463 e. The summed E-state index contributed by atoms with van der Waals surface area (Å²) < 4.78 is 1.09. The maximum Gasteiger partial charge on any atom is 0.430 e. The van der Waals surface area contributed by atoms with Gasteiger partial charge in [-0.25, -0.2) is 4.79 Å². The molecule has 15 heavy (non-hydrogen) atoms. The summed E-state index contributed by atoms with van der Waals surface area (Å²) in [7, 11) is 0. The van der Waals surface area contributed by atoms with Crippen molar-refractivity contribution >= 4 is 27.9 Å². The van der Waals surface area contributed by atoms with Gasteiger partial charge in [-0.1, -0.05) is 0 Å². The molecule has 0 bridgehead atoms. The van der Waals surface area contributed by atoms with Crippen molar-refractivity contribution in [2.75, 3.05) is 0 Å². The van der Waals surface area contributed by atoms with Gasteiger partial charge in [-0.05, 0) is 18.2 Å². The van der Waals surface area contributed by atoms with E-state index in [-0.39, 0.29) is 0 Å². The zero-order valence-corrected chi connectivity index (χ0v) is 7.64. The van der Waals surface area contributed by atoms with Crippen LogP contribution < -0.4 is 0 Å². The van der Waals surface area contributed by atoms with Crippen LogP contribution in [0.15, 0.2) is 30.6 Å². The number of hydrogen-bond acceptors (Lipinski definition) is 2. The van der Waals surface area contributed by atoms with Gasteiger partial charge in [0.05, 0.1) is 11.0 Å². The molecule has 0 fully saturated rings. The number of rotatable bonds is 0. The summed E-state index contributed by atoms with van der Waals surface area (Å²) in [5.41, 5.74) is 1.52. The van der Waals surface area contributed by atoms with E-state index in [1.54, 1.807) is 12.4 Å². The van der Waals surface area contributed by atoms with Crippen LogP contribution in [-0.2, 0) is 0 Å². The number of benzene rings is 1. The molecule has 74 valence electrons. The van der Waals surface area contributed by atoms with Crippen LogP contribution >= 0.6 is 0 Å². The lowest BCUT2D eigenvalue weighted by Gasteiger charge is -1.96. The van der Waals surface area contributed by atoms with Gasteiger partial charge in [0, 0.05) is 23.2 Å². The highest BCUT2D eigenvalue weighted by Crippen LogP contribution is 2.21. The first-order chi connectivity index (χ1) is 7.25. The van der Waals surface area contributed by atoms with E-state index in [0.717, 1.165) is 21.0 Å². The maximum absolute atomic E-state index is 10.9. The first-order valence-corrected chi connectivity index (χ1v) is 4.43. The number of carboxylic acid groups (broad SMARTS) is 1. The van der Waals surface area contributed by atoms with Gasteiger partial charge in [-0.15, -0.1) is 0 Å². The van der Waals surface area contributed by atoms with Gasteiger partial charge in [0.1, 0.15) is 0 Å². The van der Waals surface area contributed by atoms with Gasteiger partial charge in [0.25, 0.3) is 0 Å². The van der Waals surface area contributed by atoms with E-state index in [9.17, 15) is 4.79 Å². The topological polar surface area (TPSA) is 70.9 Å². The van der Waals surface area contributed by atoms with Gasteiger partial charge in [-0.3, -0.25) is 10.1 Å². The molecule has 0 aliphatic rings. The summed E-state index contributed by atoms with van der Waals surface area (Å²) in [6, 6.07) is 5.52. The molecule has 0 saturated heterocycles. The first kappa shape index (κ1) is 8.05. The van der Waals surface area contributed by atoms with Gasteiger partial charge in [0.2, 0.25) is 0 Å². The fourth-order valence-electron chi connectivity index (χ4n) is 1.72. The zero-order valence-electron chi connectivity index (χ0n) is 7.64. The molecule has 3 aromatic rings. The van der Waals surface area contributed by atoms with E-state index >= 15 is 0 Å². The number of hydrogen-bond donors (Lipinski definition) is 2. The van der Waals surface area contributed by atoms with Crippen LogP contribution in [0.2, 0.25) is 0 Å². The van der Waals surface area contributed by atoms with Crippen molar-refractivity contribution in [3.8, 4) is 0 Å². The Balaban J connectivity index is 2.46. The lowest BCUT2D eigenvalue weighted by Crippen LogP contribution is -2.08. The van der Waals surface area contributed by atoms with Gasteiger partial charge < -0.3 is 5.11 Å². The summed E-state index contributed by atoms with van der Waals surface area (Å²) in [5.74, 6) is 0. The quantitative estimate of drug-likeness (QED) is 0.584. The zero-order chi connectivity index (χ0) is 10.4. The minimum absolute atomic E-state index is 0.642. The van der Waals surface area contributed by atoms with Crippen molar-refractivity contribution in [1.82, 2.24) is 14.8 Å². The average molecular weight is 201 g/mol. The molecule has 0 aliphatic carbocycles. The van der Waals surface area contributed by atoms with Crippen molar-refractivity contribution in [2.45, 2.75) is 0 Å². The fourth-order valence-corrected chi connectivity index (χ4v) is 1.72. The molecule has 0 atom stereocenters. The smallest absolute Gasteiger partial charge is 0.430 e. The third-order valence-electron chi connectivity index (χ3n) is 2.43. The highest BCUT2D eigenvalue weighted by Gasteiger charge is 2.08. The second-order valence-corrected chi connectivity index (χ2v) is 3.31. The predicted molar refractivity (Wildman–Crippen MR) is 55.0 cm³/mol. The Bertz CT molecular complexity index is 665. The highest BCUT2D eigenvalue weighted by molar-refractivity contribution is 5.97. The van der Waals surface area contributed by atoms with Crippen LogP contribution in [0, 0.1) is 0 Å². The summed E-state index contributed by atoms with van der Waals surface area (Å²) in [6.45, 7) is 0. The van der Waals surface area contributed by atoms with Crippen LogP contribution in [0.5, 0.6) is 0 Å². The molecule has 2 N–H and O–H groups in total. The lowest BCUT2D eigenvalue weighted by molar-refractivity contribution is 0.194. The van der Waals surface area contributed by atoms with E-state index < -0.39 is 6.09 Å². The van der Waals surface area contributed by atoms with Crippen molar-refractivity contribution in [3.05, 3.63) is 30.6 Å². The Labute approximate surface area is 83.9 Å². The summed E-state index contributed by atoms with van der Waals surface area (Å²) in [4.78, 5) is 15.0. The SMILES string of the molecule is O=C(O)n1[nH]cc2cc3nccc3cc21. The van der Waals surface area contributed by atoms with E-state index in [0.29, 0.717) is 5.52 Å². The Morgan fingerprint density at radius 3 is 3.07 bits per heavy atom. The minimum Gasteiger partial charge on any atom is -0.463 e. The third kappa shape index (κ3) is 1.03. The van der Waals surface area contributed by atoms with Gasteiger partial charge >= 0.3 is 6.09 Å². The minimum atomic E-state index is -1.02. The molecule has 0 saturated carbocycles. The number of nitrogens with zero attached hydrogens (tertiary/aromatic N) is 2. The standard InChI is InChI=1S/C10H7N3O2/c14-10(15)13-9-4-6-1-2-11-8(6)3-7(9)5-12-13/h1-5,12H,(H,14,15). The number of nitrogens with one attached hydrogen (secondary N) is 1. The molecule has 3 rings (SSSR count). The molecule has 5 nitrogen and oxygen atoms in total. The Hall–Kier alpha value is -2.30. The summed E-state index contributed by atoms with van der Waals surface area (Å²) in [6.07, 6.45) is 2.33. The van der Waals surface area contributed by atoms with Crippen LogP contribution in [0.1, 0.15) is 0 Å². The molecular weight excluding hydrogens is 194 g/mol. The molecule has 0 aliphatic heterocycles. The number of H-pyrrole nitrogens is 1. The van der Waals surface area contributed by atoms with Crippen LogP contribution in [-0.4, -0.2) is 26.0 Å². The first-order valence-electron chi connectivity index (χ1n) is 4.43. The molecule has 1 aromatic carbocycles. The Morgan fingerprint density at radius 1 is 1.40 bits per heavy atom. The van der Waals surface area contributed by atoms with Crippen LogP contribution in [0.4, 0.5) is 4.79 Å². The normalized spacial score (nSPS) is 11.2. The Kier molecular flexibility index (Phi) is 1.39. The van der Waals surface area contributed by atoms with Gasteiger partial charge in [-0.2, -0.15) is 4.68 Å². The maximum atomic E-state index is 10.9. The summed E-state index contributed by atoms with van der Waals surface area (Å²) in [5, 5.41) is 13.4. The van der Waals surface area contributed by atoms with E-state index in [1.165, 1.54) is 0 Å². The van der Waals surface area contributed by atoms with Crippen molar-refractivity contribution in [1.29, 1.82) is 0 Å². The molecule has 2 aromatic heterocycles. The second-order valence-electron chi connectivity index (χ2n) is 3.31. The fraction of sp³-hybridized carbons (Fsp3) is 0. The molecular formula is C10H7N3O2. The highest BCUT2D eigenvalue weighted by atomic mass is 16.4. The predicted octanol–water partition coefficient (Wildman–Crippen LogP) is 2.04. The van der Waals surface area contributed by atoms with Crippen molar-refractivity contribution in [3.63, 3.8) is 0 Å². The van der Waals surface area contributed by atoms with Gasteiger partial charge in [0.15, 0.2) is 0 Å². The van der Waals surface area contributed by atoms with Crippen LogP contribution in [0.3, 0.4) is 0 Å². The number of aromatic nitrogens is 3. The third-order valence-corrected chi connectivity index (χ3v) is 2.43. The molecule has 0 unspecified atom stereocenters. The monoisotopic (exact) mass is 201 g/mol. The molecule has 0 radical (unpaired) electrons. The van der Waals surface area contributed by atoms with Crippen molar-refractivity contribution in [2.24, 2.45) is 0 Å². The number of aromatic amines is 1. The second kappa shape index (κ2) is 2.60. The van der Waals surface area contributed by atoms with E-state index in [1.807, 2.05) is 18.2 Å². The average Bonchev–Trinajstić information content (AvgIpc) is 2.77. The summed E-state index contributed by atoms with van der Waals surface area (Å²) >= 11 is 0. The van der Waals surface area contributed by atoms with Crippen LogP contribution in [0.25, 0.3) is 21.8 Å². The molecule has 0 spiro atoms. The lowest BCUT2D eigenvalue weighted by atomic mass is 10.2. The van der Waals surface area contributed by atoms with E-state index in [2.05, 4.69) is 10.1 Å². The molecule has 2 heterocycles. The molecule has 0 amide bonds. The van der Waals surface area contributed by atoms with E-state index in [4.69, 9.17) is 5.11 Å². The number of carbonyl (C=O) groups is 1. The Morgan fingerprint density at radius 2 is 2.27 bits per heavy atom. The van der Waals surface area contributed by atoms with Crippen molar-refractivity contribution < 1.29 is 9.90 Å². The number of fused-ring (bicyclic) bond motifs is 2. The molecule has 5 heteroatoms.